The molecule has 118 valence electrons. The smallest absolute Gasteiger partial charge is 0.323 e. The average molecular weight is 300 g/mol. The van der Waals surface area contributed by atoms with Crippen molar-refractivity contribution < 1.29 is 9.59 Å². The molecule has 1 spiro atoms. The van der Waals surface area contributed by atoms with Crippen LogP contribution in [0.3, 0.4) is 0 Å². The van der Waals surface area contributed by atoms with E-state index < -0.39 is 5.54 Å². The number of carbonyl (C=O) groups is 2. The largest absolute Gasteiger partial charge is 0.325 e. The van der Waals surface area contributed by atoms with Crippen LogP contribution in [-0.4, -0.2) is 22.4 Å². The van der Waals surface area contributed by atoms with Gasteiger partial charge < -0.3 is 5.32 Å². The number of aryl methyl sites for hydroxylation is 2. The van der Waals surface area contributed by atoms with Crippen LogP contribution < -0.4 is 5.32 Å². The van der Waals surface area contributed by atoms with E-state index in [9.17, 15) is 9.59 Å². The van der Waals surface area contributed by atoms with Crippen molar-refractivity contribution >= 4 is 11.9 Å². The Bertz CT molecular complexity index is 626. The summed E-state index contributed by atoms with van der Waals surface area (Å²) in [6, 6.07) is 5.92. The van der Waals surface area contributed by atoms with Crippen molar-refractivity contribution in [3.8, 4) is 0 Å². The number of urea groups is 1. The van der Waals surface area contributed by atoms with Crippen LogP contribution in [0.25, 0.3) is 0 Å². The molecule has 1 heterocycles. The summed E-state index contributed by atoms with van der Waals surface area (Å²) in [6.07, 6.45) is 3.92. The number of rotatable bonds is 2. The summed E-state index contributed by atoms with van der Waals surface area (Å²) in [5.41, 5.74) is 2.65. The summed E-state index contributed by atoms with van der Waals surface area (Å²) < 4.78 is 0. The average Bonchev–Trinajstić information content (AvgIpc) is 2.71. The number of nitrogens with one attached hydrogen (secondary N) is 1. The summed E-state index contributed by atoms with van der Waals surface area (Å²) in [5, 5.41) is 3.01. The SMILES string of the molecule is Cc1ccc(C)c(CN2C(=O)N[C@]3(CCCC[C@@H]3C)C2=O)c1. The predicted octanol–water partition coefficient (Wildman–Crippen LogP) is 3.30. The molecule has 0 bridgehead atoms. The van der Waals surface area contributed by atoms with Crippen molar-refractivity contribution in [2.75, 3.05) is 0 Å². The minimum Gasteiger partial charge on any atom is -0.323 e. The molecule has 1 N–H and O–H groups in total. The maximum atomic E-state index is 12.9. The van der Waals surface area contributed by atoms with Gasteiger partial charge in [-0.25, -0.2) is 4.79 Å². The standard InChI is InChI=1S/C18H24N2O2/c1-12-7-8-13(2)15(10-12)11-20-16(21)18(19-17(20)22)9-5-4-6-14(18)3/h7-8,10,14H,4-6,9,11H2,1-3H3,(H,19,22)/t14-,18-/m0/s1. The third-order valence-corrected chi connectivity index (χ3v) is 5.33. The molecule has 0 aromatic heterocycles. The van der Waals surface area contributed by atoms with Crippen LogP contribution in [0.2, 0.25) is 0 Å². The van der Waals surface area contributed by atoms with E-state index in [2.05, 4.69) is 24.4 Å². The minimum absolute atomic E-state index is 0.0365. The highest BCUT2D eigenvalue weighted by molar-refractivity contribution is 6.07. The second-order valence-electron chi connectivity index (χ2n) is 6.87. The first-order valence-electron chi connectivity index (χ1n) is 8.14. The van der Waals surface area contributed by atoms with Crippen LogP contribution in [-0.2, 0) is 11.3 Å². The highest BCUT2D eigenvalue weighted by Crippen LogP contribution is 2.38. The van der Waals surface area contributed by atoms with Gasteiger partial charge in [-0.2, -0.15) is 0 Å². The number of nitrogens with zero attached hydrogens (tertiary/aromatic N) is 1. The Morgan fingerprint density at radius 2 is 2.05 bits per heavy atom. The molecule has 1 saturated heterocycles. The predicted molar refractivity (Wildman–Crippen MR) is 85.4 cm³/mol. The van der Waals surface area contributed by atoms with E-state index in [1.54, 1.807) is 0 Å². The molecule has 2 fully saturated rings. The highest BCUT2D eigenvalue weighted by atomic mass is 16.2. The maximum Gasteiger partial charge on any atom is 0.325 e. The minimum atomic E-state index is -0.660. The molecule has 1 aliphatic carbocycles. The van der Waals surface area contributed by atoms with Gasteiger partial charge in [0.05, 0.1) is 6.54 Å². The third-order valence-electron chi connectivity index (χ3n) is 5.33. The Kier molecular flexibility index (Phi) is 3.71. The van der Waals surface area contributed by atoms with Gasteiger partial charge in [0, 0.05) is 0 Å². The first-order valence-corrected chi connectivity index (χ1v) is 8.14. The lowest BCUT2D eigenvalue weighted by atomic mass is 9.73. The maximum absolute atomic E-state index is 12.9. The van der Waals surface area contributed by atoms with Crippen molar-refractivity contribution in [2.24, 2.45) is 5.92 Å². The Hall–Kier alpha value is -1.84. The first kappa shape index (κ1) is 15.1. The van der Waals surface area contributed by atoms with Crippen molar-refractivity contribution in [3.05, 3.63) is 34.9 Å². The van der Waals surface area contributed by atoms with Crippen LogP contribution in [0.1, 0.15) is 49.3 Å². The van der Waals surface area contributed by atoms with E-state index in [-0.39, 0.29) is 17.9 Å². The number of imide groups is 1. The van der Waals surface area contributed by atoms with Crippen LogP contribution in [0.15, 0.2) is 18.2 Å². The second-order valence-corrected chi connectivity index (χ2v) is 6.87. The second kappa shape index (κ2) is 5.41. The van der Waals surface area contributed by atoms with Crippen LogP contribution in [0.4, 0.5) is 4.79 Å². The summed E-state index contributed by atoms with van der Waals surface area (Å²) in [5.74, 6) is 0.173. The van der Waals surface area contributed by atoms with E-state index in [1.807, 2.05) is 19.9 Å². The zero-order valence-electron chi connectivity index (χ0n) is 13.6. The van der Waals surface area contributed by atoms with E-state index >= 15 is 0 Å². The van der Waals surface area contributed by atoms with E-state index in [0.29, 0.717) is 6.54 Å². The molecule has 1 aliphatic heterocycles. The van der Waals surface area contributed by atoms with Crippen molar-refractivity contribution in [3.63, 3.8) is 0 Å². The number of amides is 3. The van der Waals surface area contributed by atoms with E-state index in [0.717, 1.165) is 42.4 Å². The molecule has 4 nitrogen and oxygen atoms in total. The summed E-state index contributed by atoms with van der Waals surface area (Å²) >= 11 is 0. The van der Waals surface area contributed by atoms with Gasteiger partial charge in [-0.05, 0) is 43.7 Å². The highest BCUT2D eigenvalue weighted by Gasteiger charge is 2.54. The molecule has 3 amide bonds. The molecule has 2 atom stereocenters. The van der Waals surface area contributed by atoms with Gasteiger partial charge in [0.25, 0.3) is 5.91 Å². The molecular weight excluding hydrogens is 276 g/mol. The van der Waals surface area contributed by atoms with Crippen molar-refractivity contribution in [1.82, 2.24) is 10.2 Å². The van der Waals surface area contributed by atoms with Crippen molar-refractivity contribution in [1.29, 1.82) is 0 Å². The fourth-order valence-corrected chi connectivity index (χ4v) is 3.78. The normalized spacial score (nSPS) is 28.3. The lowest BCUT2D eigenvalue weighted by Crippen LogP contribution is -2.53. The van der Waals surface area contributed by atoms with Gasteiger partial charge in [-0.1, -0.05) is 43.5 Å². The van der Waals surface area contributed by atoms with Gasteiger partial charge in [-0.3, -0.25) is 9.69 Å². The lowest BCUT2D eigenvalue weighted by molar-refractivity contribution is -0.134. The fourth-order valence-electron chi connectivity index (χ4n) is 3.78. The number of carbonyl (C=O) groups excluding carboxylic acids is 2. The lowest BCUT2D eigenvalue weighted by Gasteiger charge is -2.36. The fraction of sp³-hybridized carbons (Fsp3) is 0.556. The quantitative estimate of drug-likeness (QED) is 0.852. The molecule has 0 unspecified atom stereocenters. The van der Waals surface area contributed by atoms with Crippen LogP contribution in [0.5, 0.6) is 0 Å². The van der Waals surface area contributed by atoms with Crippen LogP contribution in [0, 0.1) is 19.8 Å². The molecular formula is C18H24N2O2. The van der Waals surface area contributed by atoms with Gasteiger partial charge >= 0.3 is 6.03 Å². The number of hydrogen-bond donors (Lipinski definition) is 1. The van der Waals surface area contributed by atoms with Gasteiger partial charge in [-0.15, -0.1) is 0 Å². The summed E-state index contributed by atoms with van der Waals surface area (Å²) in [7, 11) is 0. The monoisotopic (exact) mass is 300 g/mol. The van der Waals surface area contributed by atoms with Crippen molar-refractivity contribution in [2.45, 2.75) is 58.5 Å². The molecule has 3 rings (SSSR count). The topological polar surface area (TPSA) is 49.4 Å². The summed E-state index contributed by atoms with van der Waals surface area (Å²) in [6.45, 7) is 6.50. The Balaban J connectivity index is 1.87. The molecule has 0 radical (unpaired) electrons. The van der Waals surface area contributed by atoms with E-state index in [1.165, 1.54) is 4.90 Å². The molecule has 1 aromatic rings. The number of hydrogen-bond acceptors (Lipinski definition) is 2. The van der Waals surface area contributed by atoms with Gasteiger partial charge in [0.15, 0.2) is 0 Å². The molecule has 2 aliphatic rings. The molecule has 1 saturated carbocycles. The zero-order valence-corrected chi connectivity index (χ0v) is 13.6. The van der Waals surface area contributed by atoms with Gasteiger partial charge in [0.1, 0.15) is 5.54 Å². The molecule has 1 aromatic carbocycles. The zero-order chi connectivity index (χ0) is 15.9. The third kappa shape index (κ3) is 2.31. The Morgan fingerprint density at radius 3 is 2.77 bits per heavy atom. The first-order chi connectivity index (χ1) is 10.4. The van der Waals surface area contributed by atoms with Crippen LogP contribution >= 0.6 is 0 Å². The molecule has 4 heteroatoms. The number of benzene rings is 1. The Morgan fingerprint density at radius 1 is 1.27 bits per heavy atom. The van der Waals surface area contributed by atoms with Gasteiger partial charge in [0.2, 0.25) is 0 Å². The summed E-state index contributed by atoms with van der Waals surface area (Å²) in [4.78, 5) is 26.8. The Labute approximate surface area is 131 Å². The molecule has 22 heavy (non-hydrogen) atoms. The van der Waals surface area contributed by atoms with E-state index in [4.69, 9.17) is 0 Å².